The van der Waals surface area contributed by atoms with E-state index in [0.29, 0.717) is 16.1 Å². The van der Waals surface area contributed by atoms with Gasteiger partial charge in [-0.2, -0.15) is 5.10 Å². The van der Waals surface area contributed by atoms with Crippen LogP contribution in [0, 0.1) is 5.92 Å². The molecule has 6 heteroatoms. The number of hydrogen-bond donors (Lipinski definition) is 3. The average molecular weight is 436 g/mol. The molecular formula is C23H34ClN3OS. The Bertz CT molecular complexity index is 758. The van der Waals surface area contributed by atoms with Gasteiger partial charge in [0.1, 0.15) is 0 Å². The zero-order chi connectivity index (χ0) is 21.5. The van der Waals surface area contributed by atoms with E-state index >= 15 is 0 Å². The van der Waals surface area contributed by atoms with E-state index in [9.17, 15) is 5.11 Å². The predicted molar refractivity (Wildman–Crippen MR) is 128 cm³/mol. The summed E-state index contributed by atoms with van der Waals surface area (Å²) in [6, 6.07) is 7.50. The molecule has 3 N–H and O–H groups in total. The molecule has 4 nitrogen and oxygen atoms in total. The molecular weight excluding hydrogens is 402 g/mol. The first-order chi connectivity index (χ1) is 13.6. The fraction of sp³-hybridized carbons (Fsp3) is 0.565. The zero-order valence-electron chi connectivity index (χ0n) is 18.0. The highest BCUT2D eigenvalue weighted by Gasteiger charge is 2.32. The van der Waals surface area contributed by atoms with E-state index in [-0.39, 0.29) is 5.54 Å². The van der Waals surface area contributed by atoms with E-state index in [4.69, 9.17) is 23.8 Å². The van der Waals surface area contributed by atoms with Crippen molar-refractivity contribution in [3.8, 4) is 0 Å². The standard InChI is InChI=1S/C23H34ClN3OS/c1-17-10-12-19(13-11-17)23(4,28)15-7-14-22(2,3)26-21(29)27-25-16-18-8-5-6-9-20(18)24/h5-6,8-10,16,19,28H,7,11-15H2,1-4H3,(H2,26,27,29)/b25-16-/t19-,23+/m1/s1. The lowest BCUT2D eigenvalue weighted by molar-refractivity contribution is -0.0159. The van der Waals surface area contributed by atoms with Crippen molar-refractivity contribution in [2.75, 3.05) is 0 Å². The summed E-state index contributed by atoms with van der Waals surface area (Å²) >= 11 is 11.5. The lowest BCUT2D eigenvalue weighted by atomic mass is 9.76. The molecule has 0 radical (unpaired) electrons. The Morgan fingerprint density at radius 3 is 2.69 bits per heavy atom. The molecule has 0 aliphatic heterocycles. The second kappa shape index (κ2) is 10.6. The Labute approximate surface area is 185 Å². The molecule has 2 atom stereocenters. The molecule has 1 aromatic rings. The molecule has 1 aromatic carbocycles. The van der Waals surface area contributed by atoms with Crippen molar-refractivity contribution in [3.63, 3.8) is 0 Å². The number of halogens is 1. The number of benzene rings is 1. The van der Waals surface area contributed by atoms with E-state index in [0.717, 1.165) is 44.1 Å². The van der Waals surface area contributed by atoms with Crippen LogP contribution < -0.4 is 10.7 Å². The molecule has 29 heavy (non-hydrogen) atoms. The fourth-order valence-electron chi connectivity index (χ4n) is 3.76. The zero-order valence-corrected chi connectivity index (χ0v) is 19.5. The highest BCUT2D eigenvalue weighted by Crippen LogP contribution is 2.35. The van der Waals surface area contributed by atoms with Crippen LogP contribution in [0.4, 0.5) is 0 Å². The van der Waals surface area contributed by atoms with Crippen LogP contribution >= 0.6 is 23.8 Å². The number of nitrogens with zero attached hydrogens (tertiary/aromatic N) is 1. The third-order valence-corrected chi connectivity index (χ3v) is 6.27. The van der Waals surface area contributed by atoms with Gasteiger partial charge in [-0.15, -0.1) is 0 Å². The van der Waals surface area contributed by atoms with Gasteiger partial charge in [0.2, 0.25) is 0 Å². The van der Waals surface area contributed by atoms with Gasteiger partial charge in [-0.3, -0.25) is 5.43 Å². The van der Waals surface area contributed by atoms with Crippen LogP contribution in [0.1, 0.15) is 71.8 Å². The fourth-order valence-corrected chi connectivity index (χ4v) is 4.27. The van der Waals surface area contributed by atoms with E-state index in [1.54, 1.807) is 6.21 Å². The first-order valence-electron chi connectivity index (χ1n) is 10.3. The van der Waals surface area contributed by atoms with Crippen LogP contribution in [0.3, 0.4) is 0 Å². The first kappa shape index (κ1) is 23.8. The largest absolute Gasteiger partial charge is 0.390 e. The molecule has 2 rings (SSSR count). The highest BCUT2D eigenvalue weighted by atomic mass is 35.5. The molecule has 0 spiro atoms. The van der Waals surface area contributed by atoms with Crippen molar-refractivity contribution in [3.05, 3.63) is 46.5 Å². The minimum absolute atomic E-state index is 0.191. The van der Waals surface area contributed by atoms with Crippen LogP contribution in [-0.2, 0) is 0 Å². The van der Waals surface area contributed by atoms with Gasteiger partial charge in [0.05, 0.1) is 11.8 Å². The second-order valence-corrected chi connectivity index (χ2v) is 9.78. The highest BCUT2D eigenvalue weighted by molar-refractivity contribution is 7.80. The third-order valence-electron chi connectivity index (χ3n) is 5.73. The molecule has 0 unspecified atom stereocenters. The van der Waals surface area contributed by atoms with Crippen LogP contribution in [0.25, 0.3) is 0 Å². The van der Waals surface area contributed by atoms with Crippen molar-refractivity contribution in [2.45, 2.75) is 77.4 Å². The Balaban J connectivity index is 1.76. The Morgan fingerprint density at radius 2 is 2.03 bits per heavy atom. The number of hydrazone groups is 1. The monoisotopic (exact) mass is 435 g/mol. The maximum absolute atomic E-state index is 10.9. The van der Waals surface area contributed by atoms with Crippen LogP contribution in [-0.4, -0.2) is 27.6 Å². The molecule has 0 saturated carbocycles. The van der Waals surface area contributed by atoms with Crippen molar-refractivity contribution in [2.24, 2.45) is 11.0 Å². The van der Waals surface area contributed by atoms with E-state index < -0.39 is 5.60 Å². The van der Waals surface area contributed by atoms with Crippen molar-refractivity contribution >= 4 is 35.1 Å². The molecule has 0 aromatic heterocycles. The molecule has 0 saturated heterocycles. The Kier molecular flexibility index (Phi) is 8.68. The summed E-state index contributed by atoms with van der Waals surface area (Å²) in [6.07, 6.45) is 9.72. The van der Waals surface area contributed by atoms with Crippen LogP contribution in [0.15, 0.2) is 41.0 Å². The lowest BCUT2D eigenvalue weighted by Gasteiger charge is -2.36. The summed E-state index contributed by atoms with van der Waals surface area (Å²) in [6.45, 7) is 8.39. The van der Waals surface area contributed by atoms with Gasteiger partial charge in [0, 0.05) is 16.1 Å². The summed E-state index contributed by atoms with van der Waals surface area (Å²) in [5.41, 5.74) is 4.32. The lowest BCUT2D eigenvalue weighted by Crippen LogP contribution is -2.47. The third kappa shape index (κ3) is 8.07. The summed E-state index contributed by atoms with van der Waals surface area (Å²) in [5, 5.41) is 19.5. The smallest absolute Gasteiger partial charge is 0.187 e. The summed E-state index contributed by atoms with van der Waals surface area (Å²) in [4.78, 5) is 0. The van der Waals surface area contributed by atoms with Crippen molar-refractivity contribution in [1.82, 2.24) is 10.7 Å². The maximum Gasteiger partial charge on any atom is 0.187 e. The predicted octanol–water partition coefficient (Wildman–Crippen LogP) is 5.58. The van der Waals surface area contributed by atoms with E-state index in [2.05, 4.69) is 42.7 Å². The molecule has 0 heterocycles. The Hall–Kier alpha value is -1.43. The second-order valence-electron chi connectivity index (χ2n) is 8.96. The van der Waals surface area contributed by atoms with E-state index in [1.165, 1.54) is 5.57 Å². The quantitative estimate of drug-likeness (QED) is 0.216. The molecule has 0 fully saturated rings. The number of nitrogens with one attached hydrogen (secondary N) is 2. The first-order valence-corrected chi connectivity index (χ1v) is 11.1. The number of aliphatic hydroxyl groups is 1. The summed E-state index contributed by atoms with van der Waals surface area (Å²) in [7, 11) is 0. The Morgan fingerprint density at radius 1 is 1.31 bits per heavy atom. The van der Waals surface area contributed by atoms with Crippen LogP contribution in [0.5, 0.6) is 0 Å². The van der Waals surface area contributed by atoms with Crippen LogP contribution in [0.2, 0.25) is 5.02 Å². The van der Waals surface area contributed by atoms with Gasteiger partial charge in [-0.25, -0.2) is 0 Å². The van der Waals surface area contributed by atoms with Gasteiger partial charge in [-0.05, 0) is 90.4 Å². The molecule has 0 bridgehead atoms. The van der Waals surface area contributed by atoms with Gasteiger partial charge < -0.3 is 10.4 Å². The van der Waals surface area contributed by atoms with Gasteiger partial charge in [0.25, 0.3) is 0 Å². The topological polar surface area (TPSA) is 56.6 Å². The number of hydrogen-bond acceptors (Lipinski definition) is 3. The maximum atomic E-state index is 10.9. The van der Waals surface area contributed by atoms with Gasteiger partial charge in [-0.1, -0.05) is 41.4 Å². The summed E-state index contributed by atoms with van der Waals surface area (Å²) in [5.74, 6) is 0.351. The SMILES string of the molecule is CC1=CC[C@@H]([C@@](C)(O)CCCC(C)(C)NC(=S)N/N=C\c2ccccc2Cl)CC1. The van der Waals surface area contributed by atoms with Gasteiger partial charge >= 0.3 is 0 Å². The van der Waals surface area contributed by atoms with Gasteiger partial charge in [0.15, 0.2) is 5.11 Å². The molecule has 1 aliphatic carbocycles. The molecule has 1 aliphatic rings. The number of thiocarbonyl (C=S) groups is 1. The number of allylic oxidation sites excluding steroid dienone is 2. The summed E-state index contributed by atoms with van der Waals surface area (Å²) < 4.78 is 0. The molecule has 0 amide bonds. The van der Waals surface area contributed by atoms with E-state index in [1.807, 2.05) is 31.2 Å². The minimum atomic E-state index is -0.620. The van der Waals surface area contributed by atoms with Crippen molar-refractivity contribution < 1.29 is 5.11 Å². The molecule has 160 valence electrons. The average Bonchev–Trinajstić information content (AvgIpc) is 2.63. The van der Waals surface area contributed by atoms with Crippen molar-refractivity contribution in [1.29, 1.82) is 0 Å². The number of rotatable bonds is 8. The normalized spacial score (nSPS) is 19.5. The minimum Gasteiger partial charge on any atom is -0.390 e.